The normalized spacial score (nSPS) is 11.1. The van der Waals surface area contributed by atoms with Crippen molar-refractivity contribution in [1.82, 2.24) is 4.98 Å². The minimum Gasteiger partial charge on any atom is -0.456 e. The van der Waals surface area contributed by atoms with Crippen molar-refractivity contribution in [3.05, 3.63) is 48.8 Å². The Balaban J connectivity index is 2.04. The maximum atomic E-state index is 5.67. The van der Waals surface area contributed by atoms with Gasteiger partial charge in [-0.3, -0.25) is 4.98 Å². The SMILES string of the molecule is CC(C)(C)Nc1ccc(Oc2cccnc2)cc1. The van der Waals surface area contributed by atoms with Gasteiger partial charge in [-0.25, -0.2) is 0 Å². The van der Waals surface area contributed by atoms with E-state index in [4.69, 9.17) is 4.74 Å². The molecule has 1 aromatic carbocycles. The summed E-state index contributed by atoms with van der Waals surface area (Å²) >= 11 is 0. The van der Waals surface area contributed by atoms with E-state index in [0.29, 0.717) is 0 Å². The van der Waals surface area contributed by atoms with Gasteiger partial charge in [0.2, 0.25) is 0 Å². The Labute approximate surface area is 108 Å². The summed E-state index contributed by atoms with van der Waals surface area (Å²) in [5.41, 5.74) is 1.15. The lowest BCUT2D eigenvalue weighted by Crippen LogP contribution is -2.25. The average Bonchev–Trinajstić information content (AvgIpc) is 2.31. The Kier molecular flexibility index (Phi) is 3.51. The number of ether oxygens (including phenoxy) is 1. The molecule has 0 spiro atoms. The smallest absolute Gasteiger partial charge is 0.145 e. The van der Waals surface area contributed by atoms with Crippen molar-refractivity contribution in [2.24, 2.45) is 0 Å². The monoisotopic (exact) mass is 242 g/mol. The topological polar surface area (TPSA) is 34.1 Å². The lowest BCUT2D eigenvalue weighted by Gasteiger charge is -2.22. The third kappa shape index (κ3) is 3.77. The van der Waals surface area contributed by atoms with Gasteiger partial charge in [0.25, 0.3) is 0 Å². The van der Waals surface area contributed by atoms with Gasteiger partial charge in [-0.1, -0.05) is 0 Å². The van der Waals surface area contributed by atoms with Crippen LogP contribution in [0.1, 0.15) is 20.8 Å². The second-order valence-electron chi connectivity index (χ2n) is 5.19. The molecule has 0 amide bonds. The van der Waals surface area contributed by atoms with E-state index in [1.54, 1.807) is 12.4 Å². The van der Waals surface area contributed by atoms with E-state index in [2.05, 4.69) is 31.1 Å². The van der Waals surface area contributed by atoms with Crippen LogP contribution in [0, 0.1) is 0 Å². The van der Waals surface area contributed by atoms with Gasteiger partial charge < -0.3 is 10.1 Å². The summed E-state index contributed by atoms with van der Waals surface area (Å²) in [6, 6.07) is 11.6. The molecular weight excluding hydrogens is 224 g/mol. The van der Waals surface area contributed by atoms with Crippen LogP contribution in [0.15, 0.2) is 48.8 Å². The Morgan fingerprint density at radius 2 is 1.72 bits per heavy atom. The lowest BCUT2D eigenvalue weighted by molar-refractivity contribution is 0.480. The highest BCUT2D eigenvalue weighted by Gasteiger charge is 2.08. The average molecular weight is 242 g/mol. The standard InChI is InChI=1S/C15H18N2O/c1-15(2,3)17-12-6-8-13(9-7-12)18-14-5-4-10-16-11-14/h4-11,17H,1-3H3. The van der Waals surface area contributed by atoms with Crippen molar-refractivity contribution in [2.75, 3.05) is 5.32 Å². The highest BCUT2D eigenvalue weighted by atomic mass is 16.5. The van der Waals surface area contributed by atoms with Crippen molar-refractivity contribution < 1.29 is 4.74 Å². The number of pyridine rings is 1. The summed E-state index contributed by atoms with van der Waals surface area (Å²) in [6.07, 6.45) is 3.42. The van der Waals surface area contributed by atoms with Crippen LogP contribution in [-0.4, -0.2) is 10.5 Å². The van der Waals surface area contributed by atoms with Gasteiger partial charge in [0.1, 0.15) is 11.5 Å². The number of hydrogen-bond donors (Lipinski definition) is 1. The maximum Gasteiger partial charge on any atom is 0.145 e. The van der Waals surface area contributed by atoms with E-state index < -0.39 is 0 Å². The fourth-order valence-electron chi connectivity index (χ4n) is 1.58. The molecule has 3 nitrogen and oxygen atoms in total. The summed E-state index contributed by atoms with van der Waals surface area (Å²) in [5.74, 6) is 1.55. The molecule has 0 fully saturated rings. The van der Waals surface area contributed by atoms with Gasteiger partial charge >= 0.3 is 0 Å². The number of nitrogens with zero attached hydrogens (tertiary/aromatic N) is 1. The summed E-state index contributed by atoms with van der Waals surface area (Å²) in [4.78, 5) is 4.01. The van der Waals surface area contributed by atoms with Crippen LogP contribution < -0.4 is 10.1 Å². The molecule has 0 atom stereocenters. The zero-order chi connectivity index (χ0) is 13.0. The van der Waals surface area contributed by atoms with E-state index in [1.165, 1.54) is 0 Å². The van der Waals surface area contributed by atoms with Crippen LogP contribution in [0.3, 0.4) is 0 Å². The fraction of sp³-hybridized carbons (Fsp3) is 0.267. The molecule has 94 valence electrons. The van der Waals surface area contributed by atoms with Gasteiger partial charge in [-0.05, 0) is 57.2 Å². The molecule has 0 unspecified atom stereocenters. The lowest BCUT2D eigenvalue weighted by atomic mass is 10.1. The first-order chi connectivity index (χ1) is 8.53. The Hall–Kier alpha value is -2.03. The first-order valence-electron chi connectivity index (χ1n) is 5.99. The number of anilines is 1. The fourth-order valence-corrected chi connectivity index (χ4v) is 1.58. The predicted octanol–water partition coefficient (Wildman–Crippen LogP) is 4.08. The van der Waals surface area contributed by atoms with Crippen LogP contribution in [-0.2, 0) is 0 Å². The second kappa shape index (κ2) is 5.08. The number of hydrogen-bond acceptors (Lipinski definition) is 3. The summed E-state index contributed by atoms with van der Waals surface area (Å²) in [6.45, 7) is 6.40. The van der Waals surface area contributed by atoms with Crippen molar-refractivity contribution in [2.45, 2.75) is 26.3 Å². The van der Waals surface area contributed by atoms with Crippen LogP contribution in [0.4, 0.5) is 5.69 Å². The molecule has 0 aliphatic carbocycles. The van der Waals surface area contributed by atoms with Gasteiger partial charge in [0.15, 0.2) is 0 Å². The maximum absolute atomic E-state index is 5.67. The van der Waals surface area contributed by atoms with E-state index in [1.807, 2.05) is 36.4 Å². The van der Waals surface area contributed by atoms with Crippen LogP contribution >= 0.6 is 0 Å². The first-order valence-corrected chi connectivity index (χ1v) is 5.99. The highest BCUT2D eigenvalue weighted by molar-refractivity contribution is 5.48. The third-order valence-electron chi connectivity index (χ3n) is 2.24. The van der Waals surface area contributed by atoms with Crippen molar-refractivity contribution in [3.63, 3.8) is 0 Å². The van der Waals surface area contributed by atoms with Gasteiger partial charge in [-0.15, -0.1) is 0 Å². The van der Waals surface area contributed by atoms with Crippen LogP contribution in [0.5, 0.6) is 11.5 Å². The van der Waals surface area contributed by atoms with E-state index >= 15 is 0 Å². The molecule has 0 saturated heterocycles. The molecule has 3 heteroatoms. The predicted molar refractivity (Wildman–Crippen MR) is 74.1 cm³/mol. The largest absolute Gasteiger partial charge is 0.456 e. The van der Waals surface area contributed by atoms with Crippen LogP contribution in [0.2, 0.25) is 0 Å². The van der Waals surface area contributed by atoms with Crippen molar-refractivity contribution >= 4 is 5.69 Å². The minimum absolute atomic E-state index is 0.0612. The molecule has 0 bridgehead atoms. The molecule has 2 rings (SSSR count). The number of aromatic nitrogens is 1. The van der Waals surface area contributed by atoms with Crippen LogP contribution in [0.25, 0.3) is 0 Å². The first kappa shape index (κ1) is 12.4. The zero-order valence-corrected chi connectivity index (χ0v) is 11.0. The molecule has 1 heterocycles. The Bertz CT molecular complexity index is 486. The summed E-state index contributed by atoms with van der Waals surface area (Å²) in [7, 11) is 0. The van der Waals surface area contributed by atoms with Crippen molar-refractivity contribution in [3.8, 4) is 11.5 Å². The van der Waals surface area contributed by atoms with E-state index in [9.17, 15) is 0 Å². The molecule has 0 radical (unpaired) electrons. The molecule has 0 aliphatic heterocycles. The third-order valence-corrected chi connectivity index (χ3v) is 2.24. The van der Waals surface area contributed by atoms with Gasteiger partial charge in [-0.2, -0.15) is 0 Å². The Morgan fingerprint density at radius 3 is 2.28 bits per heavy atom. The quantitative estimate of drug-likeness (QED) is 0.880. The summed E-state index contributed by atoms with van der Waals surface area (Å²) < 4.78 is 5.67. The zero-order valence-electron chi connectivity index (χ0n) is 11.0. The Morgan fingerprint density at radius 1 is 1.00 bits per heavy atom. The molecular formula is C15H18N2O. The van der Waals surface area contributed by atoms with E-state index in [0.717, 1.165) is 17.2 Å². The molecule has 0 aliphatic rings. The second-order valence-corrected chi connectivity index (χ2v) is 5.19. The van der Waals surface area contributed by atoms with Gasteiger partial charge in [0.05, 0.1) is 6.20 Å². The summed E-state index contributed by atoms with van der Waals surface area (Å²) in [5, 5.41) is 3.40. The number of nitrogens with one attached hydrogen (secondary N) is 1. The molecule has 1 aromatic heterocycles. The number of benzene rings is 1. The highest BCUT2D eigenvalue weighted by Crippen LogP contribution is 2.23. The van der Waals surface area contributed by atoms with E-state index in [-0.39, 0.29) is 5.54 Å². The van der Waals surface area contributed by atoms with Crippen molar-refractivity contribution in [1.29, 1.82) is 0 Å². The molecule has 0 saturated carbocycles. The van der Waals surface area contributed by atoms with Gasteiger partial charge in [0, 0.05) is 17.4 Å². The molecule has 2 aromatic rings. The molecule has 1 N–H and O–H groups in total. The minimum atomic E-state index is 0.0612. The molecule has 18 heavy (non-hydrogen) atoms. The number of rotatable bonds is 3.